The number of urea groups is 1. The molecule has 0 aromatic heterocycles. The molecule has 6 heteroatoms. The Morgan fingerprint density at radius 1 is 1.90 bits per heavy atom. The normalized spacial score (nSPS) is 24.7. The number of amides is 2. The summed E-state index contributed by atoms with van der Waals surface area (Å²) in [6, 6.07) is -1.41. The molecule has 0 aromatic carbocycles. The van der Waals surface area contributed by atoms with Gasteiger partial charge in [-0.3, -0.25) is 5.01 Å². The molecule has 10 heavy (non-hydrogen) atoms. The fourth-order valence-electron chi connectivity index (χ4n) is 0.697. The van der Waals surface area contributed by atoms with E-state index in [9.17, 15) is 9.59 Å². The summed E-state index contributed by atoms with van der Waals surface area (Å²) < 4.78 is 0. The molecule has 1 aliphatic heterocycles. The van der Waals surface area contributed by atoms with Crippen LogP contribution in [0.3, 0.4) is 0 Å². The van der Waals surface area contributed by atoms with E-state index in [1.807, 2.05) is 0 Å². The van der Waals surface area contributed by atoms with Gasteiger partial charge in [0, 0.05) is 0 Å². The maximum absolute atomic E-state index is 10.5. The van der Waals surface area contributed by atoms with Crippen molar-refractivity contribution in [3.05, 3.63) is 0 Å². The van der Waals surface area contributed by atoms with Crippen molar-refractivity contribution < 1.29 is 14.7 Å². The summed E-state index contributed by atoms with van der Waals surface area (Å²) in [5, 5.41) is 11.3. The molecule has 1 fully saturated rings. The van der Waals surface area contributed by atoms with Crippen LogP contribution in [0.2, 0.25) is 0 Å². The zero-order chi connectivity index (χ0) is 7.72. The van der Waals surface area contributed by atoms with E-state index in [-0.39, 0.29) is 6.54 Å². The lowest BCUT2D eigenvalue weighted by Crippen LogP contribution is -2.34. The molecule has 0 aliphatic carbocycles. The minimum absolute atomic E-state index is 0.0220. The van der Waals surface area contributed by atoms with E-state index in [4.69, 9.17) is 10.9 Å². The highest BCUT2D eigenvalue weighted by atomic mass is 16.4. The van der Waals surface area contributed by atoms with Gasteiger partial charge in [-0.05, 0) is 0 Å². The molecule has 0 spiro atoms. The van der Waals surface area contributed by atoms with Crippen LogP contribution in [0.1, 0.15) is 0 Å². The molecule has 1 rings (SSSR count). The van der Waals surface area contributed by atoms with Gasteiger partial charge in [-0.2, -0.15) is 0 Å². The van der Waals surface area contributed by atoms with Crippen LogP contribution in [-0.4, -0.2) is 34.7 Å². The van der Waals surface area contributed by atoms with E-state index < -0.39 is 18.0 Å². The average molecular weight is 145 g/mol. The van der Waals surface area contributed by atoms with E-state index in [2.05, 4.69) is 5.32 Å². The van der Waals surface area contributed by atoms with Crippen molar-refractivity contribution in [3.63, 3.8) is 0 Å². The molecule has 1 heterocycles. The number of nitrogens with zero attached hydrogens (tertiary/aromatic N) is 1. The maximum atomic E-state index is 10.5. The molecular formula is C4H7N3O3. The quantitative estimate of drug-likeness (QED) is 0.304. The number of aliphatic carboxylic acids is 1. The van der Waals surface area contributed by atoms with Crippen LogP contribution in [-0.2, 0) is 4.79 Å². The fraction of sp³-hybridized carbons (Fsp3) is 0.500. The number of carbonyl (C=O) groups excluding carboxylic acids is 1. The second-order valence-corrected chi connectivity index (χ2v) is 1.99. The molecule has 0 aromatic rings. The lowest BCUT2D eigenvalue weighted by molar-refractivity contribution is -0.138. The summed E-state index contributed by atoms with van der Waals surface area (Å²) in [6.07, 6.45) is 0. The number of hydrogen-bond acceptors (Lipinski definition) is 3. The van der Waals surface area contributed by atoms with Crippen LogP contribution in [0.15, 0.2) is 0 Å². The summed E-state index contributed by atoms with van der Waals surface area (Å²) >= 11 is 0. The Kier molecular flexibility index (Phi) is 1.46. The van der Waals surface area contributed by atoms with Gasteiger partial charge in [-0.15, -0.1) is 0 Å². The first kappa shape index (κ1) is 6.81. The lowest BCUT2D eigenvalue weighted by atomic mass is 10.3. The van der Waals surface area contributed by atoms with Gasteiger partial charge in [-0.25, -0.2) is 15.4 Å². The van der Waals surface area contributed by atoms with Gasteiger partial charge in [-0.1, -0.05) is 0 Å². The van der Waals surface area contributed by atoms with Gasteiger partial charge in [0.05, 0.1) is 6.54 Å². The van der Waals surface area contributed by atoms with Crippen molar-refractivity contribution in [3.8, 4) is 0 Å². The largest absolute Gasteiger partial charge is 0.480 e. The van der Waals surface area contributed by atoms with Gasteiger partial charge in [0.1, 0.15) is 6.04 Å². The third-order valence-corrected chi connectivity index (χ3v) is 1.24. The minimum Gasteiger partial charge on any atom is -0.480 e. The zero-order valence-electron chi connectivity index (χ0n) is 5.07. The first-order valence-electron chi connectivity index (χ1n) is 2.67. The topological polar surface area (TPSA) is 95.7 Å². The molecule has 1 aliphatic rings. The van der Waals surface area contributed by atoms with Crippen molar-refractivity contribution in [1.82, 2.24) is 10.3 Å². The fourth-order valence-corrected chi connectivity index (χ4v) is 0.697. The highest BCUT2D eigenvalue weighted by molar-refractivity contribution is 5.86. The highest BCUT2D eigenvalue weighted by Crippen LogP contribution is 1.97. The Bertz CT molecular complexity index is 181. The summed E-state index contributed by atoms with van der Waals surface area (Å²) in [4.78, 5) is 20.7. The number of hydrogen-bond donors (Lipinski definition) is 3. The number of carboxylic acids is 1. The van der Waals surface area contributed by atoms with Crippen LogP contribution < -0.4 is 11.2 Å². The van der Waals surface area contributed by atoms with E-state index in [1.54, 1.807) is 0 Å². The molecule has 0 bridgehead atoms. The summed E-state index contributed by atoms with van der Waals surface area (Å²) in [6.45, 7) is 0.0220. The lowest BCUT2D eigenvalue weighted by Gasteiger charge is -2.02. The monoisotopic (exact) mass is 145 g/mol. The van der Waals surface area contributed by atoms with Gasteiger partial charge in [0.15, 0.2) is 0 Å². The number of nitrogens with one attached hydrogen (secondary N) is 1. The van der Waals surface area contributed by atoms with Crippen molar-refractivity contribution in [1.29, 1.82) is 0 Å². The standard InChI is InChI=1S/C4H7N3O3/c5-7-1-2(3(8)9)6-4(7)10/h2H,1,5H2,(H,6,10)(H,8,9). The van der Waals surface area contributed by atoms with E-state index in [1.165, 1.54) is 0 Å². The van der Waals surface area contributed by atoms with Crippen molar-refractivity contribution >= 4 is 12.0 Å². The van der Waals surface area contributed by atoms with Crippen molar-refractivity contribution in [2.45, 2.75) is 6.04 Å². The second-order valence-electron chi connectivity index (χ2n) is 1.99. The summed E-state index contributed by atoms with van der Waals surface area (Å²) in [7, 11) is 0. The molecule has 1 saturated heterocycles. The summed E-state index contributed by atoms with van der Waals surface area (Å²) in [5.74, 6) is 4.00. The number of carboxylic acid groups (broad SMARTS) is 1. The van der Waals surface area contributed by atoms with Gasteiger partial charge in [0.25, 0.3) is 0 Å². The van der Waals surface area contributed by atoms with Crippen molar-refractivity contribution in [2.75, 3.05) is 6.54 Å². The zero-order valence-corrected chi connectivity index (χ0v) is 5.07. The number of nitrogens with two attached hydrogens (primary N) is 1. The van der Waals surface area contributed by atoms with E-state index >= 15 is 0 Å². The summed E-state index contributed by atoms with van der Waals surface area (Å²) in [5.41, 5.74) is 0. The average Bonchev–Trinajstić information content (AvgIpc) is 2.13. The Balaban J connectivity index is 2.57. The van der Waals surface area contributed by atoms with Gasteiger partial charge in [0.2, 0.25) is 0 Å². The molecule has 4 N–H and O–H groups in total. The molecule has 56 valence electrons. The molecule has 0 saturated carbocycles. The first-order chi connectivity index (χ1) is 4.61. The van der Waals surface area contributed by atoms with E-state index in [0.717, 1.165) is 5.01 Å². The third kappa shape index (κ3) is 1.01. The van der Waals surface area contributed by atoms with Crippen LogP contribution >= 0.6 is 0 Å². The van der Waals surface area contributed by atoms with Crippen molar-refractivity contribution in [2.24, 2.45) is 5.84 Å². The Morgan fingerprint density at radius 3 is 2.70 bits per heavy atom. The Morgan fingerprint density at radius 2 is 2.50 bits per heavy atom. The molecule has 2 amide bonds. The number of hydrazine groups is 1. The van der Waals surface area contributed by atoms with Crippen LogP contribution in [0.4, 0.5) is 4.79 Å². The predicted molar refractivity (Wildman–Crippen MR) is 30.8 cm³/mol. The van der Waals surface area contributed by atoms with E-state index in [0.29, 0.717) is 0 Å². The number of rotatable bonds is 1. The Hall–Kier alpha value is -1.30. The van der Waals surface area contributed by atoms with Gasteiger partial charge < -0.3 is 10.4 Å². The molecule has 0 radical (unpaired) electrons. The number of carbonyl (C=O) groups is 2. The SMILES string of the molecule is NN1CC(C(=O)O)NC1=O. The molecule has 1 atom stereocenters. The highest BCUT2D eigenvalue weighted by Gasteiger charge is 2.31. The van der Waals surface area contributed by atoms with Crippen LogP contribution in [0.5, 0.6) is 0 Å². The second kappa shape index (κ2) is 2.14. The minimum atomic E-state index is -1.07. The smallest absolute Gasteiger partial charge is 0.332 e. The predicted octanol–water partition coefficient (Wildman–Crippen LogP) is -1.66. The first-order valence-corrected chi connectivity index (χ1v) is 2.67. The van der Waals surface area contributed by atoms with Gasteiger partial charge >= 0.3 is 12.0 Å². The van der Waals surface area contributed by atoms with Crippen LogP contribution in [0.25, 0.3) is 0 Å². The third-order valence-electron chi connectivity index (χ3n) is 1.24. The molecular weight excluding hydrogens is 138 g/mol. The Labute approximate surface area is 56.6 Å². The van der Waals surface area contributed by atoms with Crippen LogP contribution in [0, 0.1) is 0 Å². The molecule has 6 nitrogen and oxygen atoms in total. The molecule has 1 unspecified atom stereocenters. The maximum Gasteiger partial charge on any atom is 0.332 e.